The van der Waals surface area contributed by atoms with Crippen molar-refractivity contribution in [3.63, 3.8) is 0 Å². The summed E-state index contributed by atoms with van der Waals surface area (Å²) in [7, 11) is 0. The van der Waals surface area contributed by atoms with Gasteiger partial charge >= 0.3 is 0 Å². The third kappa shape index (κ3) is 2.59. The van der Waals surface area contributed by atoms with Gasteiger partial charge in [-0.25, -0.2) is 0 Å². The average molecular weight is 243 g/mol. The molecular weight excluding hydrogens is 226 g/mol. The predicted octanol–water partition coefficient (Wildman–Crippen LogP) is 2.55. The van der Waals surface area contributed by atoms with Crippen LogP contribution in [-0.2, 0) is 13.0 Å². The molecule has 4 heteroatoms. The van der Waals surface area contributed by atoms with Crippen LogP contribution in [0.15, 0.2) is 28.8 Å². The number of aryl methyl sites for hydroxylation is 1. The molecule has 4 nitrogen and oxygen atoms in total. The van der Waals surface area contributed by atoms with Crippen molar-refractivity contribution in [3.8, 4) is 11.4 Å². The molecule has 0 aliphatic heterocycles. The SMILES string of the molecule is CCc1ccc(-c2noc(CNC3CC3)n2)cc1. The van der Waals surface area contributed by atoms with Gasteiger partial charge in [-0.3, -0.25) is 0 Å². The molecule has 3 rings (SSSR count). The van der Waals surface area contributed by atoms with E-state index in [1.165, 1.54) is 18.4 Å². The number of nitrogens with one attached hydrogen (secondary N) is 1. The van der Waals surface area contributed by atoms with E-state index >= 15 is 0 Å². The average Bonchev–Trinajstić information content (AvgIpc) is 3.14. The van der Waals surface area contributed by atoms with Gasteiger partial charge in [-0.15, -0.1) is 0 Å². The van der Waals surface area contributed by atoms with Gasteiger partial charge in [-0.05, 0) is 24.8 Å². The predicted molar refractivity (Wildman–Crippen MR) is 69.0 cm³/mol. The van der Waals surface area contributed by atoms with Gasteiger partial charge in [0, 0.05) is 11.6 Å². The van der Waals surface area contributed by atoms with E-state index in [1.807, 2.05) is 12.1 Å². The summed E-state index contributed by atoms with van der Waals surface area (Å²) in [5, 5.41) is 7.37. The second-order valence-electron chi connectivity index (χ2n) is 4.72. The first-order valence-electron chi connectivity index (χ1n) is 6.50. The van der Waals surface area contributed by atoms with Gasteiger partial charge in [-0.1, -0.05) is 36.3 Å². The highest BCUT2D eigenvalue weighted by Crippen LogP contribution is 2.20. The van der Waals surface area contributed by atoms with Crippen molar-refractivity contribution in [2.45, 2.75) is 38.8 Å². The molecule has 1 aliphatic rings. The van der Waals surface area contributed by atoms with Crippen LogP contribution in [0.3, 0.4) is 0 Å². The van der Waals surface area contributed by atoms with E-state index in [1.54, 1.807) is 0 Å². The highest BCUT2D eigenvalue weighted by atomic mass is 16.5. The summed E-state index contributed by atoms with van der Waals surface area (Å²) in [6.45, 7) is 2.82. The maximum absolute atomic E-state index is 5.23. The summed E-state index contributed by atoms with van der Waals surface area (Å²) in [4.78, 5) is 4.40. The fourth-order valence-electron chi connectivity index (χ4n) is 1.85. The Kier molecular flexibility index (Phi) is 3.11. The zero-order valence-corrected chi connectivity index (χ0v) is 10.5. The summed E-state index contributed by atoms with van der Waals surface area (Å²) in [5.74, 6) is 1.33. The maximum atomic E-state index is 5.23. The standard InChI is InChI=1S/C14H17N3O/c1-2-10-3-5-11(6-4-10)14-16-13(18-17-14)9-15-12-7-8-12/h3-6,12,15H,2,7-9H2,1H3. The number of rotatable bonds is 5. The van der Waals surface area contributed by atoms with Crippen LogP contribution in [0, 0.1) is 0 Å². The van der Waals surface area contributed by atoms with Crippen LogP contribution < -0.4 is 5.32 Å². The highest BCUT2D eigenvalue weighted by Gasteiger charge is 2.21. The number of benzene rings is 1. The largest absolute Gasteiger partial charge is 0.338 e. The summed E-state index contributed by atoms with van der Waals surface area (Å²) < 4.78 is 5.23. The van der Waals surface area contributed by atoms with Crippen LogP contribution in [-0.4, -0.2) is 16.2 Å². The third-order valence-corrected chi connectivity index (χ3v) is 3.21. The second kappa shape index (κ2) is 4.90. The number of nitrogens with zero attached hydrogens (tertiary/aromatic N) is 2. The van der Waals surface area contributed by atoms with E-state index < -0.39 is 0 Å². The smallest absolute Gasteiger partial charge is 0.240 e. The zero-order valence-electron chi connectivity index (χ0n) is 10.5. The molecule has 0 unspecified atom stereocenters. The maximum Gasteiger partial charge on any atom is 0.240 e. The molecule has 1 saturated carbocycles. The highest BCUT2D eigenvalue weighted by molar-refractivity contribution is 5.54. The molecular formula is C14H17N3O. The van der Waals surface area contributed by atoms with Crippen molar-refractivity contribution in [1.29, 1.82) is 0 Å². The Morgan fingerprint density at radius 2 is 2.06 bits per heavy atom. The van der Waals surface area contributed by atoms with Crippen molar-refractivity contribution in [2.75, 3.05) is 0 Å². The lowest BCUT2D eigenvalue weighted by Gasteiger charge is -1.97. The Bertz CT molecular complexity index is 514. The summed E-state index contributed by atoms with van der Waals surface area (Å²) in [6.07, 6.45) is 3.57. The number of hydrogen-bond acceptors (Lipinski definition) is 4. The molecule has 94 valence electrons. The topological polar surface area (TPSA) is 51.0 Å². The van der Waals surface area contributed by atoms with Crippen molar-refractivity contribution < 1.29 is 4.52 Å². The van der Waals surface area contributed by atoms with Crippen LogP contribution in [0.2, 0.25) is 0 Å². The molecule has 18 heavy (non-hydrogen) atoms. The molecule has 0 radical (unpaired) electrons. The molecule has 0 amide bonds. The minimum absolute atomic E-state index is 0.657. The minimum atomic E-state index is 0.657. The second-order valence-corrected chi connectivity index (χ2v) is 4.72. The molecule has 0 saturated heterocycles. The van der Waals surface area contributed by atoms with Gasteiger partial charge < -0.3 is 9.84 Å². The van der Waals surface area contributed by atoms with E-state index in [-0.39, 0.29) is 0 Å². The molecule has 0 bridgehead atoms. The molecule has 1 N–H and O–H groups in total. The van der Waals surface area contributed by atoms with Crippen molar-refractivity contribution in [2.24, 2.45) is 0 Å². The lowest BCUT2D eigenvalue weighted by molar-refractivity contribution is 0.367. The first-order valence-corrected chi connectivity index (χ1v) is 6.50. The Morgan fingerprint density at radius 3 is 2.72 bits per heavy atom. The molecule has 0 atom stereocenters. The molecule has 1 aromatic heterocycles. The van der Waals surface area contributed by atoms with Gasteiger partial charge in [0.1, 0.15) is 0 Å². The summed E-state index contributed by atoms with van der Waals surface area (Å²) in [6, 6.07) is 8.95. The minimum Gasteiger partial charge on any atom is -0.338 e. The molecule has 0 spiro atoms. The van der Waals surface area contributed by atoms with E-state index in [2.05, 4.69) is 34.5 Å². The lowest BCUT2D eigenvalue weighted by atomic mass is 10.1. The Labute approximate surface area is 106 Å². The number of hydrogen-bond donors (Lipinski definition) is 1. The lowest BCUT2D eigenvalue weighted by Crippen LogP contribution is -2.15. The molecule has 1 aliphatic carbocycles. The van der Waals surface area contributed by atoms with Gasteiger partial charge in [0.05, 0.1) is 6.54 Å². The Balaban J connectivity index is 1.70. The van der Waals surface area contributed by atoms with Crippen LogP contribution in [0.25, 0.3) is 11.4 Å². The quantitative estimate of drug-likeness (QED) is 0.876. The van der Waals surface area contributed by atoms with Gasteiger partial charge in [0.25, 0.3) is 0 Å². The Morgan fingerprint density at radius 1 is 1.28 bits per heavy atom. The van der Waals surface area contributed by atoms with E-state index in [9.17, 15) is 0 Å². The fourth-order valence-corrected chi connectivity index (χ4v) is 1.85. The van der Waals surface area contributed by atoms with E-state index in [0.29, 0.717) is 24.3 Å². The Hall–Kier alpha value is -1.68. The molecule has 1 fully saturated rings. The van der Waals surface area contributed by atoms with E-state index in [4.69, 9.17) is 4.52 Å². The summed E-state index contributed by atoms with van der Waals surface area (Å²) >= 11 is 0. The first-order chi connectivity index (χ1) is 8.85. The monoisotopic (exact) mass is 243 g/mol. The van der Waals surface area contributed by atoms with Crippen LogP contribution in [0.1, 0.15) is 31.2 Å². The van der Waals surface area contributed by atoms with Crippen molar-refractivity contribution in [1.82, 2.24) is 15.5 Å². The van der Waals surface area contributed by atoms with Crippen LogP contribution in [0.5, 0.6) is 0 Å². The van der Waals surface area contributed by atoms with Gasteiger partial charge in [-0.2, -0.15) is 4.98 Å². The van der Waals surface area contributed by atoms with Crippen LogP contribution in [0.4, 0.5) is 0 Å². The summed E-state index contributed by atoms with van der Waals surface area (Å²) in [5.41, 5.74) is 2.33. The number of aromatic nitrogens is 2. The molecule has 1 heterocycles. The molecule has 1 aromatic carbocycles. The van der Waals surface area contributed by atoms with Gasteiger partial charge in [0.15, 0.2) is 0 Å². The van der Waals surface area contributed by atoms with Crippen LogP contribution >= 0.6 is 0 Å². The third-order valence-electron chi connectivity index (χ3n) is 3.21. The fraction of sp³-hybridized carbons (Fsp3) is 0.429. The normalized spacial score (nSPS) is 14.9. The van der Waals surface area contributed by atoms with Gasteiger partial charge in [0.2, 0.25) is 11.7 Å². The molecule has 2 aromatic rings. The van der Waals surface area contributed by atoms with E-state index in [0.717, 1.165) is 12.0 Å². The van der Waals surface area contributed by atoms with Crippen molar-refractivity contribution in [3.05, 3.63) is 35.7 Å². The van der Waals surface area contributed by atoms with Crippen molar-refractivity contribution >= 4 is 0 Å². The first kappa shape index (κ1) is 11.4. The zero-order chi connectivity index (χ0) is 12.4.